The highest BCUT2D eigenvalue weighted by atomic mass is 16.5. The molecule has 1 saturated heterocycles. The number of nitrogens with zero attached hydrogens (tertiary/aromatic N) is 2. The van der Waals surface area contributed by atoms with Gasteiger partial charge in [-0.05, 0) is 36.4 Å². The number of anilines is 2. The average Bonchev–Trinajstić information content (AvgIpc) is 3.03. The number of hydrogen-bond donors (Lipinski definition) is 2. The monoisotopic (exact) mass is 342 g/mol. The highest BCUT2D eigenvalue weighted by molar-refractivity contribution is 6.03. The standard InChI is InChI=1S/C18H22N4O3/c1-21-8-2-3-16(21)18(24)20-15-6-4-14(5-7-15)19-17(23)13-22-9-11-25-12-10-22/h2-8H,9-13H2,1H3,(H,19,23)(H,20,24). The van der Waals surface area contributed by atoms with Crippen LogP contribution in [0.15, 0.2) is 42.6 Å². The lowest BCUT2D eigenvalue weighted by molar-refractivity contribution is -0.118. The number of aromatic nitrogens is 1. The number of nitrogens with one attached hydrogen (secondary N) is 2. The van der Waals surface area contributed by atoms with E-state index >= 15 is 0 Å². The Kier molecular flexibility index (Phi) is 5.47. The fraction of sp³-hybridized carbons (Fsp3) is 0.333. The van der Waals surface area contributed by atoms with E-state index < -0.39 is 0 Å². The fourth-order valence-electron chi connectivity index (χ4n) is 2.69. The first-order valence-electron chi connectivity index (χ1n) is 8.24. The van der Waals surface area contributed by atoms with Crippen molar-refractivity contribution < 1.29 is 14.3 Å². The molecule has 0 spiro atoms. The largest absolute Gasteiger partial charge is 0.379 e. The molecule has 1 aliphatic heterocycles. The number of rotatable bonds is 5. The number of ether oxygens (including phenoxy) is 1. The zero-order chi connectivity index (χ0) is 17.6. The highest BCUT2D eigenvalue weighted by Gasteiger charge is 2.14. The lowest BCUT2D eigenvalue weighted by atomic mass is 10.2. The third kappa shape index (κ3) is 4.68. The summed E-state index contributed by atoms with van der Waals surface area (Å²) in [5.74, 6) is -0.223. The second-order valence-electron chi connectivity index (χ2n) is 5.97. The summed E-state index contributed by atoms with van der Waals surface area (Å²) in [6.45, 7) is 3.25. The van der Waals surface area contributed by atoms with Crippen LogP contribution in [0.2, 0.25) is 0 Å². The molecule has 0 bridgehead atoms. The van der Waals surface area contributed by atoms with Crippen molar-refractivity contribution in [1.82, 2.24) is 9.47 Å². The minimum Gasteiger partial charge on any atom is -0.379 e. The predicted molar refractivity (Wildman–Crippen MR) is 95.7 cm³/mol. The van der Waals surface area contributed by atoms with Crippen LogP contribution in [-0.2, 0) is 16.6 Å². The van der Waals surface area contributed by atoms with Gasteiger partial charge in [0.25, 0.3) is 5.91 Å². The molecule has 1 fully saturated rings. The van der Waals surface area contributed by atoms with E-state index in [1.165, 1.54) is 0 Å². The first kappa shape index (κ1) is 17.2. The third-order valence-corrected chi connectivity index (χ3v) is 4.07. The minimum absolute atomic E-state index is 0.0532. The van der Waals surface area contributed by atoms with Crippen molar-refractivity contribution in [2.45, 2.75) is 0 Å². The summed E-state index contributed by atoms with van der Waals surface area (Å²) in [6.07, 6.45) is 1.82. The number of hydrogen-bond acceptors (Lipinski definition) is 4. The molecule has 1 aromatic heterocycles. The molecule has 7 nitrogen and oxygen atoms in total. The molecule has 0 radical (unpaired) electrons. The van der Waals surface area contributed by atoms with Crippen LogP contribution < -0.4 is 10.6 Å². The third-order valence-electron chi connectivity index (χ3n) is 4.07. The maximum absolute atomic E-state index is 12.2. The van der Waals surface area contributed by atoms with Gasteiger partial charge in [0, 0.05) is 37.7 Å². The smallest absolute Gasteiger partial charge is 0.272 e. The molecule has 25 heavy (non-hydrogen) atoms. The van der Waals surface area contributed by atoms with E-state index in [4.69, 9.17) is 4.74 Å². The van der Waals surface area contributed by atoms with Gasteiger partial charge < -0.3 is 19.9 Å². The molecule has 2 heterocycles. The first-order valence-corrected chi connectivity index (χ1v) is 8.24. The van der Waals surface area contributed by atoms with Crippen molar-refractivity contribution in [2.75, 3.05) is 43.5 Å². The maximum atomic E-state index is 12.2. The normalized spacial score (nSPS) is 14.9. The molecule has 0 unspecified atom stereocenters. The van der Waals surface area contributed by atoms with Crippen molar-refractivity contribution in [3.8, 4) is 0 Å². The number of carbonyl (C=O) groups is 2. The predicted octanol–water partition coefficient (Wildman–Crippen LogP) is 1.55. The van der Waals surface area contributed by atoms with Gasteiger partial charge in [-0.1, -0.05) is 0 Å². The Morgan fingerprint density at radius 1 is 1.04 bits per heavy atom. The van der Waals surface area contributed by atoms with Gasteiger partial charge in [-0.15, -0.1) is 0 Å². The van der Waals surface area contributed by atoms with Gasteiger partial charge in [-0.3, -0.25) is 14.5 Å². The van der Waals surface area contributed by atoms with Gasteiger partial charge in [0.15, 0.2) is 0 Å². The molecule has 2 aromatic rings. The Bertz CT molecular complexity index is 733. The second kappa shape index (κ2) is 7.96. The molecule has 0 saturated carbocycles. The molecule has 0 atom stereocenters. The van der Waals surface area contributed by atoms with Crippen LogP contribution >= 0.6 is 0 Å². The molecule has 1 aliphatic rings. The van der Waals surface area contributed by atoms with Crippen molar-refractivity contribution >= 4 is 23.2 Å². The van der Waals surface area contributed by atoms with Gasteiger partial charge >= 0.3 is 0 Å². The van der Waals surface area contributed by atoms with E-state index in [0.717, 1.165) is 13.1 Å². The molecule has 132 valence electrons. The lowest BCUT2D eigenvalue weighted by Gasteiger charge is -2.25. The molecule has 2 amide bonds. The summed E-state index contributed by atoms with van der Waals surface area (Å²) < 4.78 is 7.03. The quantitative estimate of drug-likeness (QED) is 0.864. The molecule has 1 aromatic carbocycles. The second-order valence-corrected chi connectivity index (χ2v) is 5.97. The summed E-state index contributed by atoms with van der Waals surface area (Å²) in [5, 5.41) is 5.70. The van der Waals surface area contributed by atoms with Gasteiger partial charge in [0.05, 0.1) is 19.8 Å². The minimum atomic E-state index is -0.170. The zero-order valence-corrected chi connectivity index (χ0v) is 14.2. The van der Waals surface area contributed by atoms with Gasteiger partial charge in [-0.2, -0.15) is 0 Å². The van der Waals surface area contributed by atoms with Crippen LogP contribution in [0.25, 0.3) is 0 Å². The number of morpholine rings is 1. The molecule has 3 rings (SSSR count). The molecule has 7 heteroatoms. The van der Waals surface area contributed by atoms with E-state index in [9.17, 15) is 9.59 Å². The first-order chi connectivity index (χ1) is 12.1. The number of carbonyl (C=O) groups excluding carboxylic acids is 2. The summed E-state index contributed by atoms with van der Waals surface area (Å²) in [7, 11) is 1.82. The van der Waals surface area contributed by atoms with Crippen LogP contribution in [-0.4, -0.2) is 54.1 Å². The van der Waals surface area contributed by atoms with Crippen LogP contribution in [0.5, 0.6) is 0 Å². The molecular weight excluding hydrogens is 320 g/mol. The molecule has 2 N–H and O–H groups in total. The van der Waals surface area contributed by atoms with Crippen LogP contribution in [0.4, 0.5) is 11.4 Å². The van der Waals surface area contributed by atoms with E-state index in [2.05, 4.69) is 15.5 Å². The van der Waals surface area contributed by atoms with Crippen LogP contribution in [0.3, 0.4) is 0 Å². The Balaban J connectivity index is 1.52. The fourth-order valence-corrected chi connectivity index (χ4v) is 2.69. The van der Waals surface area contributed by atoms with Gasteiger partial charge in [-0.25, -0.2) is 0 Å². The Morgan fingerprint density at radius 2 is 1.68 bits per heavy atom. The van der Waals surface area contributed by atoms with Crippen molar-refractivity contribution in [2.24, 2.45) is 7.05 Å². The Hall–Kier alpha value is -2.64. The van der Waals surface area contributed by atoms with Gasteiger partial charge in [0.2, 0.25) is 5.91 Å². The average molecular weight is 342 g/mol. The van der Waals surface area contributed by atoms with E-state index in [1.54, 1.807) is 34.9 Å². The van der Waals surface area contributed by atoms with E-state index in [-0.39, 0.29) is 11.8 Å². The maximum Gasteiger partial charge on any atom is 0.272 e. The summed E-state index contributed by atoms with van der Waals surface area (Å²) in [4.78, 5) is 26.3. The summed E-state index contributed by atoms with van der Waals surface area (Å²) in [6, 6.07) is 10.7. The van der Waals surface area contributed by atoms with E-state index in [0.29, 0.717) is 36.8 Å². The topological polar surface area (TPSA) is 75.6 Å². The number of benzene rings is 1. The Labute approximate surface area is 146 Å². The number of amides is 2. The van der Waals surface area contributed by atoms with Crippen molar-refractivity contribution in [1.29, 1.82) is 0 Å². The summed E-state index contributed by atoms with van der Waals surface area (Å²) in [5.41, 5.74) is 1.97. The van der Waals surface area contributed by atoms with Crippen LogP contribution in [0.1, 0.15) is 10.5 Å². The lowest BCUT2D eigenvalue weighted by Crippen LogP contribution is -2.41. The SMILES string of the molecule is Cn1cccc1C(=O)Nc1ccc(NC(=O)CN2CCOCC2)cc1. The van der Waals surface area contributed by atoms with Crippen LogP contribution in [0, 0.1) is 0 Å². The summed E-state index contributed by atoms with van der Waals surface area (Å²) >= 11 is 0. The molecular formula is C18H22N4O3. The number of aryl methyl sites for hydroxylation is 1. The highest BCUT2D eigenvalue weighted by Crippen LogP contribution is 2.15. The van der Waals surface area contributed by atoms with Gasteiger partial charge in [0.1, 0.15) is 5.69 Å². The molecule has 0 aliphatic carbocycles. The Morgan fingerprint density at radius 3 is 2.28 bits per heavy atom. The van der Waals surface area contributed by atoms with Crippen molar-refractivity contribution in [3.05, 3.63) is 48.3 Å². The van der Waals surface area contributed by atoms with Crippen molar-refractivity contribution in [3.63, 3.8) is 0 Å². The van der Waals surface area contributed by atoms with E-state index in [1.807, 2.05) is 19.3 Å². The zero-order valence-electron chi connectivity index (χ0n) is 14.2.